The molecule has 0 spiro atoms. The minimum Gasteiger partial charge on any atom is -0.496 e. The summed E-state index contributed by atoms with van der Waals surface area (Å²) >= 11 is 1.05. The summed E-state index contributed by atoms with van der Waals surface area (Å²) in [6.45, 7) is 1.06. The lowest BCUT2D eigenvalue weighted by molar-refractivity contribution is -0.139. The monoisotopic (exact) mass is 476 g/mol. The first-order chi connectivity index (χ1) is 15.7. The Morgan fingerprint density at radius 3 is 2.61 bits per heavy atom. The molecule has 2 aromatic carbocycles. The van der Waals surface area contributed by atoms with E-state index in [9.17, 15) is 22.8 Å². The van der Waals surface area contributed by atoms with Gasteiger partial charge in [-0.2, -0.15) is 13.2 Å². The first kappa shape index (κ1) is 24.0. The van der Waals surface area contributed by atoms with E-state index in [0.29, 0.717) is 17.0 Å². The zero-order valence-corrected chi connectivity index (χ0v) is 18.4. The summed E-state index contributed by atoms with van der Waals surface area (Å²) in [5.41, 5.74) is 0.215. The molecule has 0 radical (unpaired) electrons. The molecule has 0 bridgehead atoms. The molecular formula is C23H19F3N2O4S. The van der Waals surface area contributed by atoms with Gasteiger partial charge in [0.2, 0.25) is 5.91 Å². The number of carbonyl (C=O) groups is 2. The highest BCUT2D eigenvalue weighted by Crippen LogP contribution is 2.35. The van der Waals surface area contributed by atoms with Gasteiger partial charge >= 0.3 is 12.1 Å². The molecule has 1 amide bonds. The summed E-state index contributed by atoms with van der Waals surface area (Å²) in [4.78, 5) is 29.5. The van der Waals surface area contributed by atoms with E-state index in [1.54, 1.807) is 35.7 Å². The maximum absolute atomic E-state index is 13.1. The summed E-state index contributed by atoms with van der Waals surface area (Å²) in [5, 5.41) is 1.73. The molecule has 10 heteroatoms. The molecule has 0 saturated heterocycles. The molecule has 33 heavy (non-hydrogen) atoms. The molecule has 0 aliphatic heterocycles. The van der Waals surface area contributed by atoms with E-state index in [-0.39, 0.29) is 17.4 Å². The van der Waals surface area contributed by atoms with E-state index in [1.165, 1.54) is 32.2 Å². The fourth-order valence-corrected chi connectivity index (χ4v) is 3.74. The van der Waals surface area contributed by atoms with Crippen molar-refractivity contribution in [2.75, 3.05) is 12.0 Å². The molecule has 0 aliphatic carbocycles. The Bertz CT molecular complexity index is 1170. The Kier molecular flexibility index (Phi) is 7.49. The van der Waals surface area contributed by atoms with Crippen LogP contribution in [0, 0.1) is 0 Å². The van der Waals surface area contributed by atoms with Crippen molar-refractivity contribution in [1.82, 2.24) is 4.98 Å². The number of thiazole rings is 1. The second kappa shape index (κ2) is 10.3. The van der Waals surface area contributed by atoms with Gasteiger partial charge in [0.1, 0.15) is 12.4 Å². The normalized spacial score (nSPS) is 11.4. The largest absolute Gasteiger partial charge is 0.496 e. The smallest absolute Gasteiger partial charge is 0.416 e. The molecule has 0 aliphatic rings. The van der Waals surface area contributed by atoms with Gasteiger partial charge in [0.15, 0.2) is 5.13 Å². The van der Waals surface area contributed by atoms with Crippen molar-refractivity contribution >= 4 is 40.1 Å². The fourth-order valence-electron chi connectivity index (χ4n) is 2.87. The minimum absolute atomic E-state index is 0.0370. The van der Waals surface area contributed by atoms with Crippen molar-refractivity contribution in [3.63, 3.8) is 0 Å². The van der Waals surface area contributed by atoms with Gasteiger partial charge in [-0.1, -0.05) is 24.3 Å². The maximum atomic E-state index is 13.1. The van der Waals surface area contributed by atoms with Crippen LogP contribution in [0.4, 0.5) is 24.0 Å². The van der Waals surface area contributed by atoms with E-state index >= 15 is 0 Å². The van der Waals surface area contributed by atoms with Gasteiger partial charge < -0.3 is 9.47 Å². The van der Waals surface area contributed by atoms with E-state index in [0.717, 1.165) is 28.4 Å². The Labute approximate surface area is 191 Å². The number of halogens is 3. The van der Waals surface area contributed by atoms with Crippen molar-refractivity contribution < 1.29 is 32.2 Å². The molecule has 0 atom stereocenters. The van der Waals surface area contributed by atoms with Gasteiger partial charge in [-0.3, -0.25) is 9.69 Å². The molecule has 172 valence electrons. The highest BCUT2D eigenvalue weighted by molar-refractivity contribution is 7.14. The second-order valence-corrected chi connectivity index (χ2v) is 7.54. The van der Waals surface area contributed by atoms with Crippen LogP contribution in [0.3, 0.4) is 0 Å². The number of methoxy groups -OCH3 is 1. The third-order valence-corrected chi connectivity index (χ3v) is 5.25. The molecule has 0 fully saturated rings. The van der Waals surface area contributed by atoms with Gasteiger partial charge in [-0.25, -0.2) is 9.78 Å². The van der Waals surface area contributed by atoms with Gasteiger partial charge in [-0.05, 0) is 30.3 Å². The van der Waals surface area contributed by atoms with Crippen molar-refractivity contribution in [1.29, 1.82) is 0 Å². The zero-order valence-electron chi connectivity index (χ0n) is 17.6. The zero-order chi connectivity index (χ0) is 24.0. The van der Waals surface area contributed by atoms with Crippen LogP contribution >= 0.6 is 11.3 Å². The molecule has 0 saturated carbocycles. The lowest BCUT2D eigenvalue weighted by Crippen LogP contribution is -2.23. The van der Waals surface area contributed by atoms with E-state index < -0.39 is 23.6 Å². The van der Waals surface area contributed by atoms with Gasteiger partial charge in [0, 0.05) is 23.9 Å². The van der Waals surface area contributed by atoms with Crippen LogP contribution in [-0.2, 0) is 27.1 Å². The highest BCUT2D eigenvalue weighted by atomic mass is 32.1. The highest BCUT2D eigenvalue weighted by Gasteiger charge is 2.31. The number of anilines is 2. The van der Waals surface area contributed by atoms with Crippen LogP contribution in [0.15, 0.2) is 60.0 Å². The number of benzene rings is 2. The van der Waals surface area contributed by atoms with Crippen LogP contribution in [0.5, 0.6) is 5.75 Å². The average molecular weight is 476 g/mol. The molecule has 1 heterocycles. The van der Waals surface area contributed by atoms with Crippen molar-refractivity contribution in [3.8, 4) is 5.75 Å². The second-order valence-electron chi connectivity index (χ2n) is 6.71. The SMILES string of the molecule is COc1ccccc1/C=C/C(=O)OCc1csc(N(C(C)=O)c2cccc(C(F)(F)F)c2)n1. The number of hydrogen-bond donors (Lipinski definition) is 0. The van der Waals surface area contributed by atoms with Crippen molar-refractivity contribution in [3.05, 3.63) is 76.8 Å². The lowest BCUT2D eigenvalue weighted by atomic mass is 10.2. The number of rotatable bonds is 7. The van der Waals surface area contributed by atoms with Crippen LogP contribution in [0.25, 0.3) is 6.08 Å². The first-order valence-electron chi connectivity index (χ1n) is 9.59. The fraction of sp³-hybridized carbons (Fsp3) is 0.174. The van der Waals surface area contributed by atoms with Crippen molar-refractivity contribution in [2.24, 2.45) is 0 Å². The Morgan fingerprint density at radius 1 is 1.15 bits per heavy atom. The molecule has 3 aromatic rings. The third kappa shape index (κ3) is 6.19. The number of carbonyl (C=O) groups excluding carboxylic acids is 2. The predicted molar refractivity (Wildman–Crippen MR) is 118 cm³/mol. The van der Waals surface area contributed by atoms with Gasteiger partial charge in [0.25, 0.3) is 0 Å². The summed E-state index contributed by atoms with van der Waals surface area (Å²) < 4.78 is 49.5. The number of nitrogens with zero attached hydrogens (tertiary/aromatic N) is 2. The quantitative estimate of drug-likeness (QED) is 0.327. The van der Waals surface area contributed by atoms with E-state index in [4.69, 9.17) is 9.47 Å². The predicted octanol–water partition coefficient (Wildman–Crippen LogP) is 5.61. The van der Waals surface area contributed by atoms with Crippen LogP contribution in [0.1, 0.15) is 23.7 Å². The molecule has 1 aromatic heterocycles. The number of hydrogen-bond acceptors (Lipinski definition) is 6. The number of alkyl halides is 3. The van der Waals surface area contributed by atoms with E-state index in [2.05, 4.69) is 4.98 Å². The molecule has 3 rings (SSSR count). The number of amides is 1. The van der Waals surface area contributed by atoms with Gasteiger partial charge in [0.05, 0.1) is 24.1 Å². The summed E-state index contributed by atoms with van der Waals surface area (Å²) in [7, 11) is 1.52. The molecule has 0 unspecified atom stereocenters. The van der Waals surface area contributed by atoms with Crippen LogP contribution in [-0.4, -0.2) is 24.0 Å². The summed E-state index contributed by atoms with van der Waals surface area (Å²) in [6, 6.07) is 11.6. The average Bonchev–Trinajstić information content (AvgIpc) is 3.24. The van der Waals surface area contributed by atoms with Crippen LogP contribution < -0.4 is 9.64 Å². The Morgan fingerprint density at radius 2 is 1.91 bits per heavy atom. The minimum atomic E-state index is -4.54. The topological polar surface area (TPSA) is 68.7 Å². The van der Waals surface area contributed by atoms with Gasteiger partial charge in [-0.15, -0.1) is 11.3 Å². The van der Waals surface area contributed by atoms with Crippen molar-refractivity contribution in [2.45, 2.75) is 19.7 Å². The number of aromatic nitrogens is 1. The molecule has 0 N–H and O–H groups in total. The first-order valence-corrected chi connectivity index (χ1v) is 10.5. The lowest BCUT2D eigenvalue weighted by Gasteiger charge is -2.19. The van der Waals surface area contributed by atoms with Crippen LogP contribution in [0.2, 0.25) is 0 Å². The number of esters is 1. The maximum Gasteiger partial charge on any atom is 0.416 e. The summed E-state index contributed by atoms with van der Waals surface area (Å²) in [5.74, 6) is -0.520. The van der Waals surface area contributed by atoms with E-state index in [1.807, 2.05) is 0 Å². The number of ether oxygens (including phenoxy) is 2. The Balaban J connectivity index is 1.70. The molecule has 6 nitrogen and oxygen atoms in total. The standard InChI is InChI=1S/C23H19F3N2O4S/c1-15(29)28(19-8-5-7-17(12-19)23(24,25)26)22-27-18(14-33-22)13-32-21(30)11-10-16-6-3-4-9-20(16)31-2/h3-12,14H,13H2,1-2H3/b11-10+. The third-order valence-electron chi connectivity index (χ3n) is 4.38. The summed E-state index contributed by atoms with van der Waals surface area (Å²) in [6.07, 6.45) is -1.74. The number of para-hydroxylation sites is 1. The Hall–Kier alpha value is -3.66. The molecular weight excluding hydrogens is 457 g/mol.